The summed E-state index contributed by atoms with van der Waals surface area (Å²) in [7, 11) is 0. The number of morpholine rings is 1. The number of ether oxygens (including phenoxy) is 1. The monoisotopic (exact) mass is 410 g/mol. The summed E-state index contributed by atoms with van der Waals surface area (Å²) >= 11 is 0. The Morgan fingerprint density at radius 3 is 2.60 bits per heavy atom. The highest BCUT2D eigenvalue weighted by Gasteiger charge is 2.28. The van der Waals surface area contributed by atoms with Gasteiger partial charge in [0.1, 0.15) is 0 Å². The summed E-state index contributed by atoms with van der Waals surface area (Å²) < 4.78 is 7.30. The Kier molecular flexibility index (Phi) is 6.47. The van der Waals surface area contributed by atoms with Crippen LogP contribution in [0.2, 0.25) is 0 Å². The van der Waals surface area contributed by atoms with Crippen molar-refractivity contribution in [2.75, 3.05) is 32.8 Å². The van der Waals surface area contributed by atoms with Crippen LogP contribution in [0.5, 0.6) is 0 Å². The average molecular weight is 411 g/mol. The molecule has 1 N–H and O–H groups in total. The number of benzene rings is 1. The lowest BCUT2D eigenvalue weighted by Gasteiger charge is -2.28. The first-order valence-corrected chi connectivity index (χ1v) is 10.9. The molecule has 0 spiro atoms. The molecule has 1 aromatic heterocycles. The number of carbonyl (C=O) groups is 2. The van der Waals surface area contributed by atoms with Crippen LogP contribution in [0, 0.1) is 5.92 Å². The third-order valence-electron chi connectivity index (χ3n) is 6.09. The predicted molar refractivity (Wildman–Crippen MR) is 113 cm³/mol. The minimum Gasteiger partial charge on any atom is -0.378 e. The molecule has 2 amide bonds. The van der Waals surface area contributed by atoms with Crippen molar-refractivity contribution in [1.29, 1.82) is 0 Å². The Balaban J connectivity index is 1.32. The van der Waals surface area contributed by atoms with Gasteiger partial charge in [0.2, 0.25) is 5.91 Å². The molecule has 0 bridgehead atoms. The molecule has 2 aliphatic heterocycles. The highest BCUT2D eigenvalue weighted by molar-refractivity contribution is 5.95. The van der Waals surface area contributed by atoms with E-state index in [1.54, 1.807) is 6.20 Å². The largest absolute Gasteiger partial charge is 0.378 e. The van der Waals surface area contributed by atoms with E-state index in [9.17, 15) is 9.59 Å². The zero-order chi connectivity index (χ0) is 20.9. The topological polar surface area (TPSA) is 76.5 Å². The highest BCUT2D eigenvalue weighted by Crippen LogP contribution is 2.24. The molecular weight excluding hydrogens is 380 g/mol. The second kappa shape index (κ2) is 9.43. The molecule has 1 aromatic carbocycles. The van der Waals surface area contributed by atoms with Crippen LogP contribution >= 0.6 is 0 Å². The van der Waals surface area contributed by atoms with Gasteiger partial charge in [-0.3, -0.25) is 14.3 Å². The Morgan fingerprint density at radius 2 is 1.87 bits per heavy atom. The second-order valence-corrected chi connectivity index (χ2v) is 8.14. The van der Waals surface area contributed by atoms with Crippen LogP contribution in [-0.4, -0.2) is 59.3 Å². The number of nitrogens with one attached hydrogen (secondary N) is 1. The molecule has 7 nitrogen and oxygen atoms in total. The normalized spacial score (nSPS) is 18.7. The molecule has 4 rings (SSSR count). The van der Waals surface area contributed by atoms with E-state index in [0.717, 1.165) is 37.1 Å². The summed E-state index contributed by atoms with van der Waals surface area (Å²) in [6, 6.07) is 8.22. The lowest BCUT2D eigenvalue weighted by Crippen LogP contribution is -2.41. The Hall–Kier alpha value is -2.67. The van der Waals surface area contributed by atoms with E-state index in [1.807, 2.05) is 21.7 Å². The van der Waals surface area contributed by atoms with Crippen molar-refractivity contribution in [1.82, 2.24) is 20.0 Å². The van der Waals surface area contributed by atoms with Gasteiger partial charge in [0.15, 0.2) is 0 Å². The van der Waals surface area contributed by atoms with E-state index in [0.29, 0.717) is 50.8 Å². The Bertz CT molecular complexity index is 884. The van der Waals surface area contributed by atoms with Gasteiger partial charge >= 0.3 is 0 Å². The molecule has 2 aromatic rings. The van der Waals surface area contributed by atoms with Gasteiger partial charge in [-0.05, 0) is 36.3 Å². The second-order valence-electron chi connectivity index (χ2n) is 8.14. The molecule has 1 fully saturated rings. The number of aryl methyl sites for hydroxylation is 2. The van der Waals surface area contributed by atoms with Crippen LogP contribution in [0.4, 0.5) is 0 Å². The van der Waals surface area contributed by atoms with Crippen molar-refractivity contribution >= 4 is 11.8 Å². The molecule has 7 heteroatoms. The van der Waals surface area contributed by atoms with Gasteiger partial charge in [0, 0.05) is 26.2 Å². The maximum Gasteiger partial charge on any atom is 0.257 e. The maximum absolute atomic E-state index is 12.9. The number of hydrogen-bond donors (Lipinski definition) is 1. The summed E-state index contributed by atoms with van der Waals surface area (Å²) in [6.45, 7) is 5.96. The number of fused-ring (bicyclic) bond motifs is 1. The van der Waals surface area contributed by atoms with Gasteiger partial charge in [-0.2, -0.15) is 5.10 Å². The summed E-state index contributed by atoms with van der Waals surface area (Å²) in [4.78, 5) is 27.1. The van der Waals surface area contributed by atoms with Crippen molar-refractivity contribution in [2.24, 2.45) is 5.92 Å². The van der Waals surface area contributed by atoms with Crippen LogP contribution in [0.1, 0.15) is 40.5 Å². The molecule has 0 aliphatic carbocycles. The molecule has 160 valence electrons. The molecule has 0 saturated carbocycles. The van der Waals surface area contributed by atoms with Gasteiger partial charge < -0.3 is 15.0 Å². The van der Waals surface area contributed by atoms with Gasteiger partial charge in [-0.25, -0.2) is 0 Å². The molecular formula is C23H30N4O3. The van der Waals surface area contributed by atoms with Crippen LogP contribution < -0.4 is 5.32 Å². The zero-order valence-electron chi connectivity index (χ0n) is 17.6. The van der Waals surface area contributed by atoms with Crippen LogP contribution in [0.15, 0.2) is 30.5 Å². The molecule has 3 heterocycles. The average Bonchev–Trinajstić information content (AvgIpc) is 3.21. The standard InChI is InChI=1S/C23H30N4O3/c1-2-17-3-5-18(6-4-17)14-22(28)24-15-19-7-8-27-21(13-19)20(16-25-27)23(29)26-9-11-30-12-10-26/h3-6,16,19H,2,7-15H2,1H3,(H,24,28)/t19-/m1/s1. The van der Waals surface area contributed by atoms with Gasteiger partial charge in [-0.1, -0.05) is 31.2 Å². The van der Waals surface area contributed by atoms with E-state index in [1.165, 1.54) is 5.56 Å². The number of amides is 2. The quantitative estimate of drug-likeness (QED) is 0.788. The smallest absolute Gasteiger partial charge is 0.257 e. The van der Waals surface area contributed by atoms with Gasteiger partial charge in [0.05, 0.1) is 37.1 Å². The van der Waals surface area contributed by atoms with Gasteiger partial charge in [-0.15, -0.1) is 0 Å². The Morgan fingerprint density at radius 1 is 1.13 bits per heavy atom. The predicted octanol–water partition coefficient (Wildman–Crippen LogP) is 1.84. The molecule has 0 unspecified atom stereocenters. The van der Waals surface area contributed by atoms with Crippen LogP contribution in [0.3, 0.4) is 0 Å². The minimum absolute atomic E-state index is 0.0414. The summed E-state index contributed by atoms with van der Waals surface area (Å²) in [5.41, 5.74) is 4.00. The first-order valence-electron chi connectivity index (χ1n) is 10.9. The summed E-state index contributed by atoms with van der Waals surface area (Å²) in [5.74, 6) is 0.402. The third kappa shape index (κ3) is 4.73. The van der Waals surface area contributed by atoms with Crippen molar-refractivity contribution < 1.29 is 14.3 Å². The molecule has 1 saturated heterocycles. The van der Waals surface area contributed by atoms with Crippen LogP contribution in [-0.2, 0) is 35.3 Å². The number of rotatable bonds is 6. The van der Waals surface area contributed by atoms with Gasteiger partial charge in [0.25, 0.3) is 5.91 Å². The molecule has 0 radical (unpaired) electrons. The third-order valence-corrected chi connectivity index (χ3v) is 6.09. The van der Waals surface area contributed by atoms with E-state index in [4.69, 9.17) is 4.74 Å². The van der Waals surface area contributed by atoms with Crippen molar-refractivity contribution in [3.63, 3.8) is 0 Å². The maximum atomic E-state index is 12.9. The van der Waals surface area contributed by atoms with E-state index in [-0.39, 0.29) is 11.8 Å². The first-order chi connectivity index (χ1) is 14.6. The highest BCUT2D eigenvalue weighted by atomic mass is 16.5. The van der Waals surface area contributed by atoms with Crippen molar-refractivity contribution in [2.45, 2.75) is 39.2 Å². The number of nitrogens with zero attached hydrogens (tertiary/aromatic N) is 3. The van der Waals surface area contributed by atoms with Crippen LogP contribution in [0.25, 0.3) is 0 Å². The fraction of sp³-hybridized carbons (Fsp3) is 0.522. The van der Waals surface area contributed by atoms with E-state index >= 15 is 0 Å². The van der Waals surface area contributed by atoms with E-state index < -0.39 is 0 Å². The molecule has 2 aliphatic rings. The van der Waals surface area contributed by atoms with Crippen molar-refractivity contribution in [3.8, 4) is 0 Å². The molecule has 30 heavy (non-hydrogen) atoms. The fourth-order valence-corrected chi connectivity index (χ4v) is 4.19. The molecule has 1 atom stereocenters. The number of aromatic nitrogens is 2. The SMILES string of the molecule is CCc1ccc(CC(=O)NC[C@@H]2CCn3ncc(C(=O)N4CCOCC4)c3C2)cc1. The minimum atomic E-state index is 0.0414. The number of hydrogen-bond acceptors (Lipinski definition) is 4. The lowest BCUT2D eigenvalue weighted by molar-refractivity contribution is -0.120. The number of carbonyl (C=O) groups excluding carboxylic acids is 2. The van der Waals surface area contributed by atoms with E-state index in [2.05, 4.69) is 29.5 Å². The first kappa shape index (κ1) is 20.6. The summed E-state index contributed by atoms with van der Waals surface area (Å²) in [6.07, 6.45) is 4.81. The Labute approximate surface area is 177 Å². The fourth-order valence-electron chi connectivity index (χ4n) is 4.19. The van der Waals surface area contributed by atoms with Crippen molar-refractivity contribution in [3.05, 3.63) is 52.8 Å². The summed E-state index contributed by atoms with van der Waals surface area (Å²) in [5, 5.41) is 7.51. The zero-order valence-corrected chi connectivity index (χ0v) is 17.6. The lowest BCUT2D eigenvalue weighted by atomic mass is 9.94.